The van der Waals surface area contributed by atoms with E-state index in [0.717, 1.165) is 41.7 Å². The molecule has 0 saturated heterocycles. The number of hydrogen-bond acceptors (Lipinski definition) is 3. The fourth-order valence-corrected chi connectivity index (χ4v) is 4.29. The van der Waals surface area contributed by atoms with Gasteiger partial charge in [0, 0.05) is 12.6 Å². The Balaban J connectivity index is 1.54. The Labute approximate surface area is 174 Å². The summed E-state index contributed by atoms with van der Waals surface area (Å²) in [5.41, 5.74) is 7.24. The Hall–Kier alpha value is -2.42. The van der Waals surface area contributed by atoms with Crippen molar-refractivity contribution in [3.05, 3.63) is 65.0 Å². The van der Waals surface area contributed by atoms with Crippen LogP contribution in [0.4, 0.5) is 0 Å². The van der Waals surface area contributed by atoms with Gasteiger partial charge in [0.1, 0.15) is 11.9 Å². The average Bonchev–Trinajstić information content (AvgIpc) is 2.98. The molecule has 0 amide bonds. The Morgan fingerprint density at radius 2 is 1.76 bits per heavy atom. The van der Waals surface area contributed by atoms with Crippen LogP contribution in [0.5, 0.6) is 5.75 Å². The lowest BCUT2D eigenvalue weighted by molar-refractivity contribution is 0.254. The summed E-state index contributed by atoms with van der Waals surface area (Å²) in [7, 11) is 0. The normalized spacial score (nSPS) is 16.7. The van der Waals surface area contributed by atoms with Gasteiger partial charge in [-0.2, -0.15) is 0 Å². The van der Waals surface area contributed by atoms with Crippen LogP contribution in [0.3, 0.4) is 0 Å². The molecule has 3 aromatic rings. The van der Waals surface area contributed by atoms with Crippen molar-refractivity contribution in [1.82, 2.24) is 9.97 Å². The summed E-state index contributed by atoms with van der Waals surface area (Å²) in [6.45, 7) is 13.5. The number of fused-ring (bicyclic) bond motifs is 2. The highest BCUT2D eigenvalue weighted by Crippen LogP contribution is 2.33. The van der Waals surface area contributed by atoms with Crippen LogP contribution < -0.4 is 4.74 Å². The smallest absolute Gasteiger partial charge is 0.123 e. The van der Waals surface area contributed by atoms with Crippen LogP contribution >= 0.6 is 0 Å². The summed E-state index contributed by atoms with van der Waals surface area (Å²) in [5.74, 6) is 1.05. The highest BCUT2D eigenvalue weighted by atomic mass is 16.5. The summed E-state index contributed by atoms with van der Waals surface area (Å²) < 4.78 is 5.84. The molecule has 2 heterocycles. The molecule has 0 bridgehead atoms. The van der Waals surface area contributed by atoms with Crippen LogP contribution in [0.2, 0.25) is 0 Å². The molecular weight excluding hydrogens is 356 g/mol. The zero-order valence-corrected chi connectivity index (χ0v) is 18.5. The quantitative estimate of drug-likeness (QED) is 0.545. The minimum Gasteiger partial charge on any atom is -0.490 e. The molecular formula is C26H32N2O. The first-order chi connectivity index (χ1) is 13.6. The summed E-state index contributed by atoms with van der Waals surface area (Å²) in [6.07, 6.45) is 5.16. The van der Waals surface area contributed by atoms with E-state index in [-0.39, 0.29) is 10.8 Å². The SMILES string of the molecule is C[C@H]1Cc2cc(CC(C)(C)Cc3cnc4ccc(C(C)(C)C)cc4n3)ccc2O1. The van der Waals surface area contributed by atoms with Crippen molar-refractivity contribution < 1.29 is 4.74 Å². The highest BCUT2D eigenvalue weighted by molar-refractivity contribution is 5.75. The number of benzene rings is 2. The molecule has 3 nitrogen and oxygen atoms in total. The predicted octanol–water partition coefficient (Wildman–Crippen LogP) is 6.06. The maximum Gasteiger partial charge on any atom is 0.123 e. The van der Waals surface area contributed by atoms with Crippen molar-refractivity contribution in [2.75, 3.05) is 0 Å². The van der Waals surface area contributed by atoms with Crippen molar-refractivity contribution in [3.63, 3.8) is 0 Å². The molecule has 2 aromatic carbocycles. The molecule has 0 N–H and O–H groups in total. The molecule has 1 aliphatic rings. The van der Waals surface area contributed by atoms with Gasteiger partial charge in [0.25, 0.3) is 0 Å². The van der Waals surface area contributed by atoms with Gasteiger partial charge in [-0.15, -0.1) is 0 Å². The number of nitrogens with zero attached hydrogens (tertiary/aromatic N) is 2. The lowest BCUT2D eigenvalue weighted by Crippen LogP contribution is -2.19. The fourth-order valence-electron chi connectivity index (χ4n) is 4.29. The maximum atomic E-state index is 5.84. The second-order valence-corrected chi connectivity index (χ2v) is 10.4. The van der Waals surface area contributed by atoms with E-state index in [4.69, 9.17) is 9.72 Å². The average molecular weight is 389 g/mol. The molecule has 1 atom stereocenters. The van der Waals surface area contributed by atoms with E-state index in [0.29, 0.717) is 6.10 Å². The van der Waals surface area contributed by atoms with Crippen molar-refractivity contribution >= 4 is 11.0 Å². The van der Waals surface area contributed by atoms with E-state index in [9.17, 15) is 0 Å². The predicted molar refractivity (Wildman–Crippen MR) is 120 cm³/mol. The molecule has 152 valence electrons. The summed E-state index contributed by atoms with van der Waals surface area (Å²) in [5, 5.41) is 0. The van der Waals surface area contributed by atoms with Crippen molar-refractivity contribution in [2.24, 2.45) is 5.41 Å². The Morgan fingerprint density at radius 3 is 2.52 bits per heavy atom. The van der Waals surface area contributed by atoms with Crippen molar-refractivity contribution in [3.8, 4) is 5.75 Å². The molecule has 0 radical (unpaired) electrons. The van der Waals surface area contributed by atoms with Gasteiger partial charge in [-0.3, -0.25) is 4.98 Å². The second-order valence-electron chi connectivity index (χ2n) is 10.4. The molecule has 0 aliphatic carbocycles. The fraction of sp³-hybridized carbons (Fsp3) is 0.462. The van der Waals surface area contributed by atoms with Gasteiger partial charge in [0.15, 0.2) is 0 Å². The second kappa shape index (κ2) is 7.12. The molecule has 1 aromatic heterocycles. The van der Waals surface area contributed by atoms with Gasteiger partial charge in [-0.25, -0.2) is 4.98 Å². The zero-order chi connectivity index (χ0) is 20.8. The monoisotopic (exact) mass is 388 g/mol. The van der Waals surface area contributed by atoms with Crippen molar-refractivity contribution in [2.45, 2.75) is 72.3 Å². The molecule has 4 rings (SSSR count). The molecule has 29 heavy (non-hydrogen) atoms. The van der Waals surface area contributed by atoms with Crippen LogP contribution in [0, 0.1) is 5.41 Å². The topological polar surface area (TPSA) is 35.0 Å². The number of aromatic nitrogens is 2. The zero-order valence-electron chi connectivity index (χ0n) is 18.5. The molecule has 1 aliphatic heterocycles. The number of rotatable bonds is 4. The van der Waals surface area contributed by atoms with Gasteiger partial charge >= 0.3 is 0 Å². The van der Waals surface area contributed by atoms with Gasteiger partial charge in [0.2, 0.25) is 0 Å². The first-order valence-corrected chi connectivity index (χ1v) is 10.6. The third kappa shape index (κ3) is 4.44. The third-order valence-corrected chi connectivity index (χ3v) is 5.76. The maximum absolute atomic E-state index is 5.84. The summed E-state index contributed by atoms with van der Waals surface area (Å²) in [6, 6.07) is 13.1. The van der Waals surface area contributed by atoms with Crippen LogP contribution in [0.25, 0.3) is 11.0 Å². The van der Waals surface area contributed by atoms with E-state index in [1.165, 1.54) is 16.7 Å². The molecule has 3 heteroatoms. The Kier molecular flexibility index (Phi) is 4.88. The van der Waals surface area contributed by atoms with E-state index in [1.54, 1.807) is 0 Å². The summed E-state index contributed by atoms with van der Waals surface area (Å²) in [4.78, 5) is 9.63. The molecule has 0 unspecified atom stereocenters. The Morgan fingerprint density at radius 1 is 0.966 bits per heavy atom. The number of ether oxygens (including phenoxy) is 1. The van der Waals surface area contributed by atoms with Crippen molar-refractivity contribution in [1.29, 1.82) is 0 Å². The van der Waals surface area contributed by atoms with E-state index in [2.05, 4.69) is 82.9 Å². The highest BCUT2D eigenvalue weighted by Gasteiger charge is 2.24. The van der Waals surface area contributed by atoms with E-state index < -0.39 is 0 Å². The minimum atomic E-state index is 0.101. The van der Waals surface area contributed by atoms with Gasteiger partial charge in [-0.05, 0) is 65.5 Å². The first kappa shape index (κ1) is 19.9. The Bertz CT molecular complexity index is 1050. The van der Waals surface area contributed by atoms with E-state index >= 15 is 0 Å². The van der Waals surface area contributed by atoms with Gasteiger partial charge in [0.05, 0.1) is 16.7 Å². The molecule has 0 saturated carbocycles. The number of hydrogen-bond donors (Lipinski definition) is 0. The lowest BCUT2D eigenvalue weighted by Gasteiger charge is -2.25. The minimum absolute atomic E-state index is 0.101. The standard InChI is InChI=1S/C26H32N2O/c1-17-11-19-12-18(7-10-24(19)29-17)14-26(5,6)15-21-16-27-22-9-8-20(25(2,3)4)13-23(22)28-21/h7-10,12-13,16-17H,11,14-15H2,1-6H3/t17-/m0/s1. The van der Waals surface area contributed by atoms with Gasteiger partial charge < -0.3 is 4.74 Å². The van der Waals surface area contributed by atoms with E-state index in [1.807, 2.05) is 6.20 Å². The van der Waals surface area contributed by atoms with Crippen LogP contribution in [-0.2, 0) is 24.7 Å². The molecule has 0 spiro atoms. The van der Waals surface area contributed by atoms with Crippen LogP contribution in [0.1, 0.15) is 63.9 Å². The van der Waals surface area contributed by atoms with Crippen LogP contribution in [-0.4, -0.2) is 16.1 Å². The third-order valence-electron chi connectivity index (χ3n) is 5.76. The largest absolute Gasteiger partial charge is 0.490 e. The molecule has 0 fully saturated rings. The lowest BCUT2D eigenvalue weighted by atomic mass is 9.81. The first-order valence-electron chi connectivity index (χ1n) is 10.6. The summed E-state index contributed by atoms with van der Waals surface area (Å²) >= 11 is 0. The van der Waals surface area contributed by atoms with Gasteiger partial charge in [-0.1, -0.05) is 52.8 Å². The van der Waals surface area contributed by atoms with Crippen LogP contribution in [0.15, 0.2) is 42.6 Å².